The predicted molar refractivity (Wildman–Crippen MR) is 253 cm³/mol. The molecule has 0 bridgehead atoms. The summed E-state index contributed by atoms with van der Waals surface area (Å²) < 4.78 is 32.4. The lowest BCUT2D eigenvalue weighted by atomic mass is 9.59. The zero-order valence-electron chi connectivity index (χ0n) is 38.1. The standard InChI is InChI=1S/C53H66ClFN4O6/c1-36(35-65-48-17-24-56-47-12-3-7-37(2)50(47)48)29-40-31-39-14-15-45(33-46(39)52(40)19-21-53(22-20-52,51(61)62)58-43-10-5-9-41(54)32-43)63-27-6-13-49(60)57-23-16-38-8-4-11-44(30-38)64-28-26-59-25-18-42(55)34-59/h4-5,8-11,14-15,17,24,30,32-33,36-37,40,42,58H,3,6-7,12-13,16,18-23,25-29,31,34-35H2,1-2H3,(H,57,60)(H,61,62)/t36-,37-,40?,42+,52?,53?/m1/s1. The van der Waals surface area contributed by atoms with Gasteiger partial charge in [0, 0.05) is 60.8 Å². The molecule has 1 spiro atoms. The van der Waals surface area contributed by atoms with Gasteiger partial charge in [-0.3, -0.25) is 14.7 Å². The molecule has 8 rings (SSSR count). The molecule has 4 atom stereocenters. The van der Waals surface area contributed by atoms with Gasteiger partial charge in [-0.2, -0.15) is 0 Å². The normalized spacial score (nSPS) is 24.2. The molecule has 348 valence electrons. The second-order valence-electron chi connectivity index (χ2n) is 19.2. The molecule has 3 N–H and O–H groups in total. The van der Waals surface area contributed by atoms with E-state index in [1.54, 1.807) is 12.1 Å². The topological polar surface area (TPSA) is 122 Å². The highest BCUT2D eigenvalue weighted by Gasteiger charge is 2.54. The summed E-state index contributed by atoms with van der Waals surface area (Å²) in [6, 6.07) is 23.7. The van der Waals surface area contributed by atoms with Crippen LogP contribution < -0.4 is 24.8 Å². The first-order chi connectivity index (χ1) is 31.5. The van der Waals surface area contributed by atoms with Gasteiger partial charge in [0.25, 0.3) is 0 Å². The number of amides is 1. The molecular weight excluding hydrogens is 843 g/mol. The number of likely N-dealkylation sites (tertiary alicyclic amines) is 1. The first-order valence-electron chi connectivity index (χ1n) is 24.0. The summed E-state index contributed by atoms with van der Waals surface area (Å²) in [5, 5.41) is 17.7. The van der Waals surface area contributed by atoms with E-state index < -0.39 is 17.7 Å². The SMILES string of the molecule is C[C@@H](COc1ccnc2c1[C@H](C)CCC2)CC1Cc2ccc(OCCCC(=O)NCCc3cccc(OCCN4CC[C@H](F)C4)c3)cc2C12CCC(Nc1cccc(Cl)c1)(C(=O)O)CC2. The first-order valence-corrected chi connectivity index (χ1v) is 24.4. The maximum Gasteiger partial charge on any atom is 0.329 e. The Morgan fingerprint density at radius 3 is 2.60 bits per heavy atom. The third kappa shape index (κ3) is 11.4. The molecule has 4 aromatic rings. The van der Waals surface area contributed by atoms with E-state index in [2.05, 4.69) is 46.5 Å². The molecule has 1 saturated heterocycles. The molecule has 10 nitrogen and oxygen atoms in total. The van der Waals surface area contributed by atoms with Gasteiger partial charge in [0.2, 0.25) is 5.91 Å². The van der Waals surface area contributed by atoms with Crippen LogP contribution >= 0.6 is 11.6 Å². The van der Waals surface area contributed by atoms with E-state index in [-0.39, 0.29) is 17.2 Å². The number of nitrogens with zero attached hydrogens (tertiary/aromatic N) is 2. The van der Waals surface area contributed by atoms with Crippen molar-refractivity contribution < 1.29 is 33.3 Å². The third-order valence-electron chi connectivity index (χ3n) is 14.6. The number of carboxylic acids is 1. The fraction of sp³-hybridized carbons (Fsp3) is 0.528. The molecule has 2 heterocycles. The van der Waals surface area contributed by atoms with Crippen LogP contribution in [0, 0.1) is 11.8 Å². The number of alkyl halides is 1. The van der Waals surface area contributed by atoms with Gasteiger partial charge in [0.05, 0.1) is 13.2 Å². The zero-order valence-corrected chi connectivity index (χ0v) is 38.9. The number of ether oxygens (including phenoxy) is 3. The van der Waals surface area contributed by atoms with Crippen LogP contribution in [-0.4, -0.2) is 84.6 Å². The Bertz CT molecular complexity index is 2270. The molecular formula is C53H66ClFN4O6. The maximum absolute atomic E-state index is 13.5. The minimum absolute atomic E-state index is 0.0135. The number of pyridine rings is 1. The number of aromatic nitrogens is 1. The number of halogens is 2. The molecule has 2 fully saturated rings. The van der Waals surface area contributed by atoms with Crippen molar-refractivity contribution in [2.24, 2.45) is 11.8 Å². The van der Waals surface area contributed by atoms with Crippen molar-refractivity contribution in [3.05, 3.63) is 112 Å². The first kappa shape index (κ1) is 46.7. The smallest absolute Gasteiger partial charge is 0.329 e. The molecule has 1 unspecified atom stereocenters. The van der Waals surface area contributed by atoms with Crippen LogP contribution in [0.1, 0.15) is 112 Å². The second-order valence-corrected chi connectivity index (χ2v) is 19.7. The molecule has 12 heteroatoms. The minimum Gasteiger partial charge on any atom is -0.494 e. The second kappa shape index (κ2) is 21.2. The number of aryl methyl sites for hydroxylation is 1. The fourth-order valence-electron chi connectivity index (χ4n) is 11.1. The van der Waals surface area contributed by atoms with Crippen molar-refractivity contribution >= 4 is 29.2 Å². The highest BCUT2D eigenvalue weighted by atomic mass is 35.5. The van der Waals surface area contributed by atoms with Crippen LogP contribution in [0.4, 0.5) is 10.1 Å². The summed E-state index contributed by atoms with van der Waals surface area (Å²) in [5.41, 5.74) is 5.45. The molecule has 1 aliphatic heterocycles. The number of carbonyl (C=O) groups is 2. The molecule has 3 aliphatic carbocycles. The Kier molecular flexibility index (Phi) is 15.2. The van der Waals surface area contributed by atoms with E-state index in [9.17, 15) is 19.1 Å². The van der Waals surface area contributed by atoms with E-state index in [4.69, 9.17) is 25.8 Å². The average molecular weight is 910 g/mol. The lowest BCUT2D eigenvalue weighted by Crippen LogP contribution is -2.53. The largest absolute Gasteiger partial charge is 0.494 e. The van der Waals surface area contributed by atoms with Crippen molar-refractivity contribution in [2.75, 3.05) is 51.3 Å². The number of anilines is 1. The highest BCUT2D eigenvalue weighted by molar-refractivity contribution is 6.30. The lowest BCUT2D eigenvalue weighted by Gasteiger charge is -2.47. The van der Waals surface area contributed by atoms with E-state index in [0.29, 0.717) is 101 Å². The van der Waals surface area contributed by atoms with Gasteiger partial charge in [0.1, 0.15) is 35.6 Å². The Balaban J connectivity index is 0.870. The van der Waals surface area contributed by atoms with Crippen molar-refractivity contribution in [3.63, 3.8) is 0 Å². The quantitative estimate of drug-likeness (QED) is 0.0744. The predicted octanol–water partition coefficient (Wildman–Crippen LogP) is 10.1. The molecule has 1 amide bonds. The van der Waals surface area contributed by atoms with E-state index in [1.807, 2.05) is 54.7 Å². The Morgan fingerprint density at radius 2 is 1.80 bits per heavy atom. The highest BCUT2D eigenvalue weighted by Crippen LogP contribution is 2.57. The van der Waals surface area contributed by atoms with Crippen LogP contribution in [0.15, 0.2) is 79.0 Å². The average Bonchev–Trinajstić information content (AvgIpc) is 3.84. The van der Waals surface area contributed by atoms with Crippen molar-refractivity contribution in [3.8, 4) is 17.2 Å². The van der Waals surface area contributed by atoms with Crippen molar-refractivity contribution in [2.45, 2.75) is 120 Å². The summed E-state index contributed by atoms with van der Waals surface area (Å²) in [4.78, 5) is 32.7. The summed E-state index contributed by atoms with van der Waals surface area (Å²) in [6.45, 7) is 8.58. The summed E-state index contributed by atoms with van der Waals surface area (Å²) in [7, 11) is 0. The summed E-state index contributed by atoms with van der Waals surface area (Å²) >= 11 is 6.32. The van der Waals surface area contributed by atoms with Gasteiger partial charge in [-0.25, -0.2) is 9.18 Å². The van der Waals surface area contributed by atoms with E-state index >= 15 is 0 Å². The van der Waals surface area contributed by atoms with Gasteiger partial charge in [-0.05, 0) is 165 Å². The number of hydrogen-bond acceptors (Lipinski definition) is 8. The Morgan fingerprint density at radius 1 is 0.985 bits per heavy atom. The number of rotatable bonds is 20. The molecule has 4 aliphatic rings. The van der Waals surface area contributed by atoms with Crippen LogP contribution in [0.5, 0.6) is 17.2 Å². The Hall–Kier alpha value is -4.87. The zero-order chi connectivity index (χ0) is 45.4. The van der Waals surface area contributed by atoms with Crippen LogP contribution in [-0.2, 0) is 34.3 Å². The van der Waals surface area contributed by atoms with E-state index in [1.165, 1.54) is 22.4 Å². The summed E-state index contributed by atoms with van der Waals surface area (Å²) in [5.74, 6) is 2.68. The number of fused-ring (bicyclic) bond motifs is 3. The molecule has 65 heavy (non-hydrogen) atoms. The molecule has 1 aromatic heterocycles. The van der Waals surface area contributed by atoms with Gasteiger partial charge in [-0.15, -0.1) is 0 Å². The number of carbonyl (C=O) groups excluding carboxylic acids is 1. The maximum atomic E-state index is 13.5. The third-order valence-corrected chi connectivity index (χ3v) is 14.8. The van der Waals surface area contributed by atoms with Crippen molar-refractivity contribution in [1.29, 1.82) is 0 Å². The number of nitrogens with one attached hydrogen (secondary N) is 2. The van der Waals surface area contributed by atoms with Gasteiger partial charge in [0.15, 0.2) is 0 Å². The molecule has 3 aromatic carbocycles. The number of hydrogen-bond donors (Lipinski definition) is 3. The number of benzene rings is 3. The summed E-state index contributed by atoms with van der Waals surface area (Å²) in [6.07, 6.45) is 10.9. The van der Waals surface area contributed by atoms with Crippen LogP contribution in [0.3, 0.4) is 0 Å². The molecule has 1 saturated carbocycles. The van der Waals surface area contributed by atoms with Gasteiger partial charge < -0.3 is 30.0 Å². The van der Waals surface area contributed by atoms with Crippen LogP contribution in [0.2, 0.25) is 5.02 Å². The van der Waals surface area contributed by atoms with Gasteiger partial charge >= 0.3 is 5.97 Å². The van der Waals surface area contributed by atoms with Crippen LogP contribution in [0.25, 0.3) is 0 Å². The minimum atomic E-state index is -1.11. The lowest BCUT2D eigenvalue weighted by molar-refractivity contribution is -0.144. The van der Waals surface area contributed by atoms with Crippen molar-refractivity contribution in [1.82, 2.24) is 15.2 Å². The Labute approximate surface area is 389 Å². The fourth-order valence-corrected chi connectivity index (χ4v) is 11.3. The monoisotopic (exact) mass is 908 g/mol. The number of aliphatic carboxylic acids is 1. The van der Waals surface area contributed by atoms with E-state index in [0.717, 1.165) is 74.3 Å². The number of carboxylic acid groups (broad SMARTS) is 1. The van der Waals surface area contributed by atoms with Gasteiger partial charge in [-0.1, -0.05) is 49.7 Å². The molecule has 0 radical (unpaired) electrons.